The minimum atomic E-state index is -0.428. The van der Waals surface area contributed by atoms with E-state index < -0.39 is 6.04 Å². The van der Waals surface area contributed by atoms with Crippen LogP contribution in [-0.2, 0) is 11.2 Å². The van der Waals surface area contributed by atoms with Crippen LogP contribution in [0.3, 0.4) is 0 Å². The summed E-state index contributed by atoms with van der Waals surface area (Å²) in [6.07, 6.45) is 0.312. The molecule has 0 aliphatic rings. The lowest BCUT2D eigenvalue weighted by atomic mass is 10.1. The average Bonchev–Trinajstić information content (AvgIpc) is 2.46. The van der Waals surface area contributed by atoms with Gasteiger partial charge in [-0.15, -0.1) is 0 Å². The summed E-state index contributed by atoms with van der Waals surface area (Å²) >= 11 is 5.05. The van der Waals surface area contributed by atoms with E-state index in [9.17, 15) is 4.79 Å². The van der Waals surface area contributed by atoms with Crippen molar-refractivity contribution in [3.05, 3.63) is 71.8 Å². The first-order chi connectivity index (χ1) is 9.66. The van der Waals surface area contributed by atoms with Gasteiger partial charge in [-0.25, -0.2) is 0 Å². The Morgan fingerprint density at radius 1 is 1.05 bits per heavy atom. The maximum Gasteiger partial charge on any atom is 0.225 e. The number of hydrogen-bond acceptors (Lipinski definition) is 2. The Morgan fingerprint density at radius 2 is 1.60 bits per heavy atom. The molecule has 0 bridgehead atoms. The van der Waals surface area contributed by atoms with Crippen LogP contribution in [0.4, 0.5) is 0 Å². The molecule has 20 heavy (non-hydrogen) atoms. The first-order valence-electron chi connectivity index (χ1n) is 6.34. The van der Waals surface area contributed by atoms with E-state index in [2.05, 4.69) is 5.32 Å². The minimum Gasteiger partial charge on any atom is -0.391 e. The fraction of sp³-hybridized carbons (Fsp3) is 0.125. The Hall–Kier alpha value is -2.20. The van der Waals surface area contributed by atoms with Crippen LogP contribution in [0.5, 0.6) is 0 Å². The number of carbonyl (C=O) groups is 1. The summed E-state index contributed by atoms with van der Waals surface area (Å²) in [7, 11) is 0. The Balaban J connectivity index is 2.06. The highest BCUT2D eigenvalue weighted by atomic mass is 32.1. The number of rotatable bonds is 5. The molecule has 2 aromatic rings. The van der Waals surface area contributed by atoms with Gasteiger partial charge in [0.05, 0.1) is 6.42 Å². The van der Waals surface area contributed by atoms with Gasteiger partial charge in [-0.1, -0.05) is 72.9 Å². The van der Waals surface area contributed by atoms with Crippen molar-refractivity contribution in [2.24, 2.45) is 5.73 Å². The number of amides is 1. The van der Waals surface area contributed by atoms with E-state index in [-0.39, 0.29) is 10.9 Å². The molecule has 0 aliphatic heterocycles. The van der Waals surface area contributed by atoms with Gasteiger partial charge in [0.15, 0.2) is 0 Å². The van der Waals surface area contributed by atoms with Gasteiger partial charge >= 0.3 is 0 Å². The molecule has 3 N–H and O–H groups in total. The van der Waals surface area contributed by atoms with Gasteiger partial charge in [0.2, 0.25) is 5.91 Å². The number of carbonyl (C=O) groups excluding carboxylic acids is 1. The molecule has 0 aromatic heterocycles. The molecule has 1 amide bonds. The van der Waals surface area contributed by atoms with E-state index in [4.69, 9.17) is 18.0 Å². The van der Waals surface area contributed by atoms with E-state index in [1.165, 1.54) is 0 Å². The van der Waals surface area contributed by atoms with Crippen LogP contribution in [-0.4, -0.2) is 10.9 Å². The van der Waals surface area contributed by atoms with Crippen LogP contribution in [0.25, 0.3) is 0 Å². The Labute approximate surface area is 123 Å². The van der Waals surface area contributed by atoms with E-state index in [0.717, 1.165) is 11.1 Å². The minimum absolute atomic E-state index is 0.0992. The molecular weight excluding hydrogens is 268 g/mol. The summed E-state index contributed by atoms with van der Waals surface area (Å²) in [5.41, 5.74) is 7.58. The predicted molar refractivity (Wildman–Crippen MR) is 84.3 cm³/mol. The van der Waals surface area contributed by atoms with Crippen molar-refractivity contribution in [3.8, 4) is 0 Å². The molecule has 0 spiro atoms. The third-order valence-electron chi connectivity index (χ3n) is 2.93. The van der Waals surface area contributed by atoms with Gasteiger partial charge in [0.1, 0.15) is 11.0 Å². The molecule has 3 nitrogen and oxygen atoms in total. The van der Waals surface area contributed by atoms with Crippen molar-refractivity contribution in [2.75, 3.05) is 0 Å². The highest BCUT2D eigenvalue weighted by Crippen LogP contribution is 2.13. The van der Waals surface area contributed by atoms with E-state index in [1.807, 2.05) is 60.7 Å². The maximum atomic E-state index is 12.1. The highest BCUT2D eigenvalue weighted by molar-refractivity contribution is 7.80. The normalized spacial score (nSPS) is 11.6. The number of nitrogens with two attached hydrogens (primary N) is 1. The SMILES string of the molecule is NC(=S)C(NC(=O)Cc1ccccc1)c1ccccc1. The van der Waals surface area contributed by atoms with Gasteiger partial charge in [0.25, 0.3) is 0 Å². The lowest BCUT2D eigenvalue weighted by Gasteiger charge is -2.18. The van der Waals surface area contributed by atoms with Crippen molar-refractivity contribution in [1.29, 1.82) is 0 Å². The molecule has 2 aromatic carbocycles. The Morgan fingerprint density at radius 3 is 2.15 bits per heavy atom. The number of benzene rings is 2. The summed E-state index contributed by atoms with van der Waals surface area (Å²) in [5, 5.41) is 2.88. The van der Waals surface area contributed by atoms with Crippen LogP contribution in [0.1, 0.15) is 17.2 Å². The first kappa shape index (κ1) is 14.2. The molecule has 0 saturated heterocycles. The summed E-state index contributed by atoms with van der Waals surface area (Å²) in [5.74, 6) is -0.0992. The van der Waals surface area contributed by atoms with Gasteiger partial charge in [-0.05, 0) is 11.1 Å². The summed E-state index contributed by atoms with van der Waals surface area (Å²) in [6.45, 7) is 0. The Bertz CT molecular complexity index is 584. The lowest BCUT2D eigenvalue weighted by molar-refractivity contribution is -0.120. The molecule has 1 unspecified atom stereocenters. The largest absolute Gasteiger partial charge is 0.391 e. The van der Waals surface area contributed by atoms with Gasteiger partial charge < -0.3 is 11.1 Å². The number of nitrogens with one attached hydrogen (secondary N) is 1. The molecule has 102 valence electrons. The summed E-state index contributed by atoms with van der Waals surface area (Å²) in [4.78, 5) is 12.3. The van der Waals surface area contributed by atoms with Gasteiger partial charge in [-0.3, -0.25) is 4.79 Å². The van der Waals surface area contributed by atoms with E-state index in [0.29, 0.717) is 6.42 Å². The van der Waals surface area contributed by atoms with Crippen molar-refractivity contribution in [2.45, 2.75) is 12.5 Å². The van der Waals surface area contributed by atoms with E-state index in [1.54, 1.807) is 0 Å². The van der Waals surface area contributed by atoms with Crippen LogP contribution in [0.2, 0.25) is 0 Å². The third kappa shape index (κ3) is 3.90. The van der Waals surface area contributed by atoms with Crippen LogP contribution < -0.4 is 11.1 Å². The zero-order valence-electron chi connectivity index (χ0n) is 11.0. The topological polar surface area (TPSA) is 55.1 Å². The molecule has 0 radical (unpaired) electrons. The van der Waals surface area contributed by atoms with Gasteiger partial charge in [0, 0.05) is 0 Å². The maximum absolute atomic E-state index is 12.1. The molecule has 4 heteroatoms. The predicted octanol–water partition coefficient (Wildman–Crippen LogP) is 2.37. The van der Waals surface area contributed by atoms with Crippen LogP contribution in [0.15, 0.2) is 60.7 Å². The number of thiocarbonyl (C=S) groups is 1. The lowest BCUT2D eigenvalue weighted by Crippen LogP contribution is -2.37. The quantitative estimate of drug-likeness (QED) is 0.829. The highest BCUT2D eigenvalue weighted by Gasteiger charge is 2.17. The molecule has 0 saturated carbocycles. The summed E-state index contributed by atoms with van der Waals surface area (Å²) in [6, 6.07) is 18.6. The van der Waals surface area contributed by atoms with Gasteiger partial charge in [-0.2, -0.15) is 0 Å². The van der Waals surface area contributed by atoms with Crippen LogP contribution >= 0.6 is 12.2 Å². The molecule has 0 aliphatic carbocycles. The summed E-state index contributed by atoms with van der Waals surface area (Å²) < 4.78 is 0. The van der Waals surface area contributed by atoms with Crippen LogP contribution in [0, 0.1) is 0 Å². The van der Waals surface area contributed by atoms with E-state index >= 15 is 0 Å². The molecule has 2 rings (SSSR count). The smallest absolute Gasteiger partial charge is 0.225 e. The second-order valence-electron chi connectivity index (χ2n) is 4.48. The fourth-order valence-corrected chi connectivity index (χ4v) is 2.15. The molecule has 0 fully saturated rings. The first-order valence-corrected chi connectivity index (χ1v) is 6.75. The molecule has 0 heterocycles. The fourth-order valence-electron chi connectivity index (χ4n) is 1.96. The van der Waals surface area contributed by atoms with Crippen molar-refractivity contribution in [1.82, 2.24) is 5.32 Å². The zero-order chi connectivity index (χ0) is 14.4. The van der Waals surface area contributed by atoms with Crippen molar-refractivity contribution < 1.29 is 4.79 Å². The Kier molecular flexibility index (Phi) is 4.85. The van der Waals surface area contributed by atoms with Crippen molar-refractivity contribution in [3.63, 3.8) is 0 Å². The third-order valence-corrected chi connectivity index (χ3v) is 3.17. The molecule has 1 atom stereocenters. The monoisotopic (exact) mass is 284 g/mol. The second-order valence-corrected chi connectivity index (χ2v) is 4.95. The standard InChI is InChI=1S/C16H16N2OS/c17-16(20)15(13-9-5-2-6-10-13)18-14(19)11-12-7-3-1-4-8-12/h1-10,15H,11H2,(H2,17,20)(H,18,19). The molecular formula is C16H16N2OS. The second kappa shape index (κ2) is 6.82. The average molecular weight is 284 g/mol. The number of hydrogen-bond donors (Lipinski definition) is 2. The zero-order valence-corrected chi connectivity index (χ0v) is 11.8. The van der Waals surface area contributed by atoms with Crippen molar-refractivity contribution >= 4 is 23.1 Å².